The zero-order valence-electron chi connectivity index (χ0n) is 18.0. The van der Waals surface area contributed by atoms with E-state index >= 15 is 0 Å². The van der Waals surface area contributed by atoms with Crippen molar-refractivity contribution in [2.24, 2.45) is 0 Å². The van der Waals surface area contributed by atoms with Gasteiger partial charge in [-0.1, -0.05) is 0 Å². The summed E-state index contributed by atoms with van der Waals surface area (Å²) < 4.78 is 8.21. The van der Waals surface area contributed by atoms with Crippen molar-refractivity contribution >= 4 is 0 Å². The van der Waals surface area contributed by atoms with E-state index in [0.717, 1.165) is 32.1 Å². The molecule has 0 nitrogen and oxygen atoms in total. The maximum atomic E-state index is 2.78. The summed E-state index contributed by atoms with van der Waals surface area (Å²) in [5.74, 6) is 0. The molecule has 0 amide bonds. The summed E-state index contributed by atoms with van der Waals surface area (Å²) in [6.07, 6.45) is 41.1. The summed E-state index contributed by atoms with van der Waals surface area (Å²) in [5, 5.41) is 8.33. The van der Waals surface area contributed by atoms with E-state index in [1.54, 1.807) is 19.8 Å². The van der Waals surface area contributed by atoms with Crippen LogP contribution in [-0.2, 0) is 11.1 Å². The molecule has 5 aliphatic rings. The second-order valence-corrected chi connectivity index (χ2v) is 47.0. The Kier molecular flexibility index (Phi) is 2.89. The minimum atomic E-state index is -5.53. The summed E-state index contributed by atoms with van der Waals surface area (Å²) in [6, 6.07) is 0. The first-order valence-corrected chi connectivity index (χ1v) is 22.8. The fraction of sp³-hybridized carbons (Fsp3) is 0.286. The molecule has 0 heterocycles. The zero-order valence-corrected chi connectivity index (χ0v) is 20.3. The van der Waals surface area contributed by atoms with Gasteiger partial charge in [-0.05, 0) is 0 Å². The number of hydrogen-bond acceptors (Lipinski definition) is 0. The van der Waals surface area contributed by atoms with E-state index in [2.05, 4.69) is 107 Å². The van der Waals surface area contributed by atoms with Crippen molar-refractivity contribution in [2.45, 2.75) is 48.0 Å². The van der Waals surface area contributed by atoms with Gasteiger partial charge in [-0.25, -0.2) is 0 Å². The average molecular weight is 566 g/mol. The normalized spacial score (nSPS) is 27.8. The van der Waals surface area contributed by atoms with Gasteiger partial charge < -0.3 is 0 Å². The molecule has 0 bridgehead atoms. The van der Waals surface area contributed by atoms with Crippen molar-refractivity contribution in [2.75, 3.05) is 0 Å². The number of allylic oxidation sites excluding steroid dienone is 20. The van der Waals surface area contributed by atoms with Crippen LogP contribution in [-0.4, -0.2) is 0 Å². The zero-order chi connectivity index (χ0) is 20.4. The molecular weight excluding hydrogens is 531 g/mol. The summed E-state index contributed by atoms with van der Waals surface area (Å²) >= 11 is -5.53. The van der Waals surface area contributed by atoms with Crippen LogP contribution in [0.3, 0.4) is 0 Å². The molecule has 0 radical (unpaired) electrons. The van der Waals surface area contributed by atoms with Gasteiger partial charge in [-0.2, -0.15) is 0 Å². The third-order valence-electron chi connectivity index (χ3n) is 8.59. The van der Waals surface area contributed by atoms with Crippen LogP contribution < -0.4 is 0 Å². The fourth-order valence-electron chi connectivity index (χ4n) is 6.28. The van der Waals surface area contributed by atoms with Crippen molar-refractivity contribution in [1.82, 2.24) is 0 Å². The Bertz CT molecular complexity index is 994. The van der Waals surface area contributed by atoms with Crippen molar-refractivity contribution in [1.29, 1.82) is 0 Å². The van der Waals surface area contributed by atoms with Gasteiger partial charge in [-0.3, -0.25) is 0 Å². The van der Waals surface area contributed by atoms with Gasteiger partial charge in [0, 0.05) is 0 Å². The standard InChI is InChI=1S/5C5H5.3CH3.Pt/c5*1-2-4-5-3-1;;;;/h5*1-3H,4H2;3*1H3;. The first kappa shape index (κ1) is 19.1. The average Bonchev–Trinajstić information content (AvgIpc) is 3.58. The molecule has 0 unspecified atom stereocenters. The topological polar surface area (TPSA) is 0 Å². The van der Waals surface area contributed by atoms with Gasteiger partial charge in [0.1, 0.15) is 0 Å². The van der Waals surface area contributed by atoms with Crippen molar-refractivity contribution < 1.29 is 11.1 Å². The van der Waals surface area contributed by atoms with Crippen LogP contribution in [0.2, 0.25) is 15.9 Å². The van der Waals surface area contributed by atoms with E-state index in [1.165, 1.54) is 0 Å². The molecule has 0 saturated carbocycles. The van der Waals surface area contributed by atoms with Crippen molar-refractivity contribution in [3.8, 4) is 0 Å². The first-order chi connectivity index (χ1) is 13.7. The molecule has 0 N–H and O–H groups in total. The molecule has 0 aliphatic heterocycles. The Labute approximate surface area is 169 Å². The van der Waals surface area contributed by atoms with Gasteiger partial charge in [0.2, 0.25) is 0 Å². The first-order valence-electron chi connectivity index (χ1n) is 10.3. The minimum absolute atomic E-state index is 1.03. The van der Waals surface area contributed by atoms with Crippen LogP contribution in [0.25, 0.3) is 0 Å². The summed E-state index contributed by atoms with van der Waals surface area (Å²) in [6.45, 7) is 0. The third-order valence-corrected chi connectivity index (χ3v) is 49.3. The molecule has 0 atom stereocenters. The molecule has 5 aliphatic carbocycles. The fourth-order valence-corrected chi connectivity index (χ4v) is 39.1. The molecule has 0 aromatic heterocycles. The van der Waals surface area contributed by atoms with Crippen LogP contribution >= 0.6 is 0 Å². The van der Waals surface area contributed by atoms with Gasteiger partial charge in [0.25, 0.3) is 0 Å². The molecular formula is C28H34Pt. The van der Waals surface area contributed by atoms with Crippen LogP contribution in [0, 0.1) is 0 Å². The molecule has 156 valence electrons. The van der Waals surface area contributed by atoms with Gasteiger partial charge >= 0.3 is 170 Å². The van der Waals surface area contributed by atoms with Crippen molar-refractivity contribution in [3.05, 3.63) is 111 Å². The summed E-state index contributed by atoms with van der Waals surface area (Å²) in [5.41, 5.74) is 0. The Morgan fingerprint density at radius 3 is 0.759 bits per heavy atom. The summed E-state index contributed by atoms with van der Waals surface area (Å²) in [4.78, 5) is 0. The molecule has 1 heteroatoms. The van der Waals surface area contributed by atoms with Crippen LogP contribution in [0.4, 0.5) is 0 Å². The van der Waals surface area contributed by atoms with Gasteiger partial charge in [0.15, 0.2) is 0 Å². The molecule has 0 fully saturated rings. The van der Waals surface area contributed by atoms with Crippen LogP contribution in [0.5, 0.6) is 0 Å². The van der Waals surface area contributed by atoms with Crippen LogP contribution in [0.1, 0.15) is 32.1 Å². The molecule has 5 rings (SSSR count). The molecule has 0 aromatic carbocycles. The van der Waals surface area contributed by atoms with Crippen molar-refractivity contribution in [3.63, 3.8) is 0 Å². The second-order valence-electron chi connectivity index (χ2n) is 10.1. The second kappa shape index (κ2) is 4.40. The predicted octanol–water partition coefficient (Wildman–Crippen LogP) is 8.65. The molecule has 29 heavy (non-hydrogen) atoms. The number of hydrogen-bond donors (Lipinski definition) is 0. The predicted molar refractivity (Wildman–Crippen MR) is 127 cm³/mol. The van der Waals surface area contributed by atoms with Gasteiger partial charge in [-0.15, -0.1) is 0 Å². The van der Waals surface area contributed by atoms with E-state index in [-0.39, 0.29) is 0 Å². The van der Waals surface area contributed by atoms with E-state index < -0.39 is 11.1 Å². The third kappa shape index (κ3) is 1.42. The van der Waals surface area contributed by atoms with E-state index in [1.807, 2.05) is 0 Å². The Morgan fingerprint density at radius 1 is 0.414 bits per heavy atom. The van der Waals surface area contributed by atoms with E-state index in [9.17, 15) is 0 Å². The Hall–Kier alpha value is -1.91. The Balaban J connectivity index is 2.17. The Morgan fingerprint density at radius 2 is 0.621 bits per heavy atom. The quantitative estimate of drug-likeness (QED) is 0.313. The summed E-state index contributed by atoms with van der Waals surface area (Å²) in [7, 11) is 0. The molecule has 0 aromatic rings. The molecule has 0 spiro atoms. The van der Waals surface area contributed by atoms with Gasteiger partial charge in [0.05, 0.1) is 0 Å². The number of rotatable bonds is 5. The van der Waals surface area contributed by atoms with E-state index in [0.29, 0.717) is 0 Å². The van der Waals surface area contributed by atoms with E-state index in [4.69, 9.17) is 0 Å². The maximum absolute atomic E-state index is 5.53. The SMILES string of the molecule is [CH3][Pt]([CH3])([CH3])([C]1=CC=CC1)([C]1=CC=CC1)([C]1=CC=CC1)([C]1=CC=CC1)[C]1=CC=CC1. The molecule has 0 saturated heterocycles. The van der Waals surface area contributed by atoms with Crippen LogP contribution in [0.15, 0.2) is 111 Å². The monoisotopic (exact) mass is 565 g/mol.